The van der Waals surface area contributed by atoms with Gasteiger partial charge in [0.1, 0.15) is 0 Å². The average Bonchev–Trinajstić information content (AvgIpc) is 2.52. The van der Waals surface area contributed by atoms with Gasteiger partial charge in [0.2, 0.25) is 5.91 Å². The highest BCUT2D eigenvalue weighted by Gasteiger charge is 2.30. The van der Waals surface area contributed by atoms with Gasteiger partial charge in [0.15, 0.2) is 0 Å². The number of amides is 1. The summed E-state index contributed by atoms with van der Waals surface area (Å²) in [5.41, 5.74) is 6.85. The SMILES string of the molecule is NC(=S)C(Cc1ccccc1)C(=O)N1CCCC(CO)C1. The summed E-state index contributed by atoms with van der Waals surface area (Å²) in [6.07, 6.45) is 2.43. The fourth-order valence-corrected chi connectivity index (χ4v) is 2.98. The lowest BCUT2D eigenvalue weighted by Crippen LogP contribution is -2.47. The third kappa shape index (κ3) is 4.25. The molecule has 5 heteroatoms. The summed E-state index contributed by atoms with van der Waals surface area (Å²) >= 11 is 5.10. The van der Waals surface area contributed by atoms with Crippen LogP contribution in [0.3, 0.4) is 0 Å². The third-order valence-corrected chi connectivity index (χ3v) is 4.30. The van der Waals surface area contributed by atoms with Crippen LogP contribution >= 0.6 is 12.2 Å². The minimum absolute atomic E-state index is 0.00972. The van der Waals surface area contributed by atoms with Crippen molar-refractivity contribution < 1.29 is 9.90 Å². The lowest BCUT2D eigenvalue weighted by Gasteiger charge is -2.34. The van der Waals surface area contributed by atoms with Gasteiger partial charge < -0.3 is 15.7 Å². The Hall–Kier alpha value is -1.46. The fourth-order valence-electron chi connectivity index (χ4n) is 2.79. The summed E-state index contributed by atoms with van der Waals surface area (Å²) in [5, 5.41) is 9.29. The number of piperidine rings is 1. The summed E-state index contributed by atoms with van der Waals surface area (Å²) in [6, 6.07) is 9.78. The zero-order valence-corrected chi connectivity index (χ0v) is 12.9. The smallest absolute Gasteiger partial charge is 0.232 e. The highest BCUT2D eigenvalue weighted by Crippen LogP contribution is 2.20. The predicted octanol–water partition coefficient (Wildman–Crippen LogP) is 1.36. The van der Waals surface area contributed by atoms with Crippen LogP contribution < -0.4 is 5.73 Å². The lowest BCUT2D eigenvalue weighted by atomic mass is 9.94. The first kappa shape index (κ1) is 15.9. The maximum absolute atomic E-state index is 12.7. The molecule has 2 unspecified atom stereocenters. The molecule has 2 rings (SSSR count). The number of nitrogens with zero attached hydrogens (tertiary/aromatic N) is 1. The quantitative estimate of drug-likeness (QED) is 0.806. The van der Waals surface area contributed by atoms with Crippen LogP contribution in [0.4, 0.5) is 0 Å². The number of carbonyl (C=O) groups excluding carboxylic acids is 1. The molecular formula is C16H22N2O2S. The van der Waals surface area contributed by atoms with Crippen LogP contribution in [0.25, 0.3) is 0 Å². The van der Waals surface area contributed by atoms with Crippen molar-refractivity contribution >= 4 is 23.1 Å². The molecule has 0 saturated carbocycles. The van der Waals surface area contributed by atoms with Crippen LogP contribution in [-0.2, 0) is 11.2 Å². The van der Waals surface area contributed by atoms with Crippen LogP contribution in [0.15, 0.2) is 30.3 Å². The second-order valence-electron chi connectivity index (χ2n) is 5.62. The van der Waals surface area contributed by atoms with Crippen molar-refractivity contribution in [1.29, 1.82) is 0 Å². The summed E-state index contributed by atoms with van der Waals surface area (Å²) in [5.74, 6) is -0.296. The van der Waals surface area contributed by atoms with E-state index in [2.05, 4.69) is 0 Å². The van der Waals surface area contributed by atoms with Crippen molar-refractivity contribution in [3.63, 3.8) is 0 Å². The minimum atomic E-state index is -0.458. The van der Waals surface area contributed by atoms with Gasteiger partial charge in [0.05, 0.1) is 10.9 Å². The molecule has 114 valence electrons. The van der Waals surface area contributed by atoms with E-state index in [-0.39, 0.29) is 23.4 Å². The van der Waals surface area contributed by atoms with Gasteiger partial charge in [-0.05, 0) is 30.7 Å². The van der Waals surface area contributed by atoms with Gasteiger partial charge in [0, 0.05) is 19.7 Å². The van der Waals surface area contributed by atoms with Gasteiger partial charge in [-0.15, -0.1) is 0 Å². The zero-order chi connectivity index (χ0) is 15.2. The number of nitrogens with two attached hydrogens (primary N) is 1. The number of likely N-dealkylation sites (tertiary alicyclic amines) is 1. The number of aliphatic hydroxyl groups excluding tert-OH is 1. The Bertz CT molecular complexity index is 492. The van der Waals surface area contributed by atoms with E-state index in [0.29, 0.717) is 13.0 Å². The van der Waals surface area contributed by atoms with E-state index < -0.39 is 5.92 Å². The molecule has 1 aliphatic heterocycles. The standard InChI is InChI=1S/C16H22N2O2S/c17-15(21)14(9-12-5-2-1-3-6-12)16(20)18-8-4-7-13(10-18)11-19/h1-3,5-6,13-14,19H,4,7-11H2,(H2,17,21). The average molecular weight is 306 g/mol. The Morgan fingerprint density at radius 3 is 2.76 bits per heavy atom. The fraction of sp³-hybridized carbons (Fsp3) is 0.500. The molecule has 1 amide bonds. The van der Waals surface area contributed by atoms with Gasteiger partial charge in [-0.1, -0.05) is 42.5 Å². The van der Waals surface area contributed by atoms with E-state index in [4.69, 9.17) is 18.0 Å². The molecule has 1 fully saturated rings. The number of aliphatic hydroxyl groups is 1. The number of carbonyl (C=O) groups is 1. The molecule has 0 aromatic heterocycles. The van der Waals surface area contributed by atoms with Crippen LogP contribution in [0, 0.1) is 11.8 Å². The molecule has 1 heterocycles. The van der Waals surface area contributed by atoms with Gasteiger partial charge in [-0.2, -0.15) is 0 Å². The van der Waals surface area contributed by atoms with E-state index >= 15 is 0 Å². The number of thiocarbonyl (C=S) groups is 1. The van der Waals surface area contributed by atoms with Crippen molar-refractivity contribution in [3.8, 4) is 0 Å². The lowest BCUT2D eigenvalue weighted by molar-refractivity contribution is -0.135. The van der Waals surface area contributed by atoms with Crippen LogP contribution in [-0.4, -0.2) is 40.6 Å². The zero-order valence-electron chi connectivity index (χ0n) is 12.1. The Balaban J connectivity index is 2.07. The van der Waals surface area contributed by atoms with E-state index in [9.17, 15) is 9.90 Å². The third-order valence-electron chi connectivity index (χ3n) is 4.01. The maximum Gasteiger partial charge on any atom is 0.232 e. The largest absolute Gasteiger partial charge is 0.396 e. The van der Waals surface area contributed by atoms with Crippen molar-refractivity contribution in [2.75, 3.05) is 19.7 Å². The second-order valence-corrected chi connectivity index (χ2v) is 6.09. The predicted molar refractivity (Wildman–Crippen MR) is 86.8 cm³/mol. The number of benzene rings is 1. The summed E-state index contributed by atoms with van der Waals surface area (Å²) in [7, 11) is 0. The summed E-state index contributed by atoms with van der Waals surface area (Å²) in [6.45, 7) is 1.45. The first-order valence-corrected chi connectivity index (χ1v) is 7.75. The molecular weight excluding hydrogens is 284 g/mol. The van der Waals surface area contributed by atoms with Crippen molar-refractivity contribution in [1.82, 2.24) is 4.90 Å². The monoisotopic (exact) mass is 306 g/mol. The molecule has 0 bridgehead atoms. The van der Waals surface area contributed by atoms with Crippen LogP contribution in [0.1, 0.15) is 18.4 Å². The highest BCUT2D eigenvalue weighted by atomic mass is 32.1. The van der Waals surface area contributed by atoms with Gasteiger partial charge in [-0.25, -0.2) is 0 Å². The van der Waals surface area contributed by atoms with Gasteiger partial charge in [0.25, 0.3) is 0 Å². The molecule has 1 aromatic rings. The maximum atomic E-state index is 12.7. The minimum Gasteiger partial charge on any atom is -0.396 e. The van der Waals surface area contributed by atoms with Gasteiger partial charge >= 0.3 is 0 Å². The molecule has 2 atom stereocenters. The van der Waals surface area contributed by atoms with Crippen molar-refractivity contribution in [2.45, 2.75) is 19.3 Å². The Kier molecular flexibility index (Phi) is 5.70. The van der Waals surface area contributed by atoms with Gasteiger partial charge in [-0.3, -0.25) is 4.79 Å². The molecule has 0 spiro atoms. The normalized spacial score (nSPS) is 20.0. The Morgan fingerprint density at radius 2 is 2.14 bits per heavy atom. The van der Waals surface area contributed by atoms with Crippen LogP contribution in [0.2, 0.25) is 0 Å². The van der Waals surface area contributed by atoms with Crippen molar-refractivity contribution in [3.05, 3.63) is 35.9 Å². The van der Waals surface area contributed by atoms with Crippen molar-refractivity contribution in [2.24, 2.45) is 17.6 Å². The first-order chi connectivity index (χ1) is 10.1. The molecule has 1 saturated heterocycles. The summed E-state index contributed by atoms with van der Waals surface area (Å²) < 4.78 is 0. The van der Waals surface area contributed by atoms with E-state index in [1.54, 1.807) is 4.90 Å². The molecule has 1 aliphatic rings. The molecule has 21 heavy (non-hydrogen) atoms. The number of rotatable bonds is 5. The molecule has 0 radical (unpaired) electrons. The molecule has 4 nitrogen and oxygen atoms in total. The molecule has 3 N–H and O–H groups in total. The summed E-state index contributed by atoms with van der Waals surface area (Å²) in [4.78, 5) is 14.7. The Morgan fingerprint density at radius 1 is 1.43 bits per heavy atom. The van der Waals surface area contributed by atoms with E-state index in [0.717, 1.165) is 24.9 Å². The first-order valence-electron chi connectivity index (χ1n) is 7.34. The number of hydrogen-bond acceptors (Lipinski definition) is 3. The van der Waals surface area contributed by atoms with E-state index in [1.807, 2.05) is 30.3 Å². The molecule has 0 aliphatic carbocycles. The second kappa shape index (κ2) is 7.52. The Labute approximate surface area is 130 Å². The molecule has 1 aromatic carbocycles. The topological polar surface area (TPSA) is 66.6 Å². The van der Waals surface area contributed by atoms with Crippen LogP contribution in [0.5, 0.6) is 0 Å². The number of hydrogen-bond donors (Lipinski definition) is 2. The van der Waals surface area contributed by atoms with E-state index in [1.165, 1.54) is 0 Å². The highest BCUT2D eigenvalue weighted by molar-refractivity contribution is 7.80.